The molecule has 2 aromatic rings. The molecule has 7 heteroatoms. The first-order chi connectivity index (χ1) is 10.1. The van der Waals surface area contributed by atoms with Gasteiger partial charge in [-0.2, -0.15) is 0 Å². The summed E-state index contributed by atoms with van der Waals surface area (Å²) < 4.78 is 4.89. The molecule has 0 bridgehead atoms. The van der Waals surface area contributed by atoms with Gasteiger partial charge >= 0.3 is 5.97 Å². The van der Waals surface area contributed by atoms with Crippen molar-refractivity contribution in [1.29, 1.82) is 0 Å². The molecule has 0 atom stereocenters. The molecule has 21 heavy (non-hydrogen) atoms. The summed E-state index contributed by atoms with van der Waals surface area (Å²) in [4.78, 5) is 39.3. The highest BCUT2D eigenvalue weighted by atomic mass is 16.5. The van der Waals surface area contributed by atoms with E-state index in [-0.39, 0.29) is 11.6 Å². The van der Waals surface area contributed by atoms with Gasteiger partial charge in [-0.05, 0) is 11.6 Å². The molecule has 2 rings (SSSR count). The van der Waals surface area contributed by atoms with Crippen molar-refractivity contribution in [2.45, 2.75) is 0 Å². The van der Waals surface area contributed by atoms with E-state index in [1.54, 1.807) is 24.3 Å². The summed E-state index contributed by atoms with van der Waals surface area (Å²) in [5.74, 6) is -1.65. The van der Waals surface area contributed by atoms with Crippen molar-refractivity contribution in [1.82, 2.24) is 9.97 Å². The van der Waals surface area contributed by atoms with Gasteiger partial charge in [-0.1, -0.05) is 24.3 Å². The lowest BCUT2D eigenvalue weighted by atomic mass is 10.1. The maximum atomic E-state index is 11.6. The molecular formula is C14H11N3O4. The highest BCUT2D eigenvalue weighted by molar-refractivity contribution is 5.95. The molecule has 0 aliphatic carbocycles. The van der Waals surface area contributed by atoms with Crippen molar-refractivity contribution in [3.05, 3.63) is 53.5 Å². The normalized spacial score (nSPS) is 10.5. The fourth-order valence-corrected chi connectivity index (χ4v) is 1.51. The maximum Gasteiger partial charge on any atom is 0.337 e. The molecule has 0 fully saturated rings. The average molecular weight is 285 g/mol. The van der Waals surface area contributed by atoms with E-state index in [9.17, 15) is 14.4 Å². The van der Waals surface area contributed by atoms with Gasteiger partial charge in [0.1, 0.15) is 6.29 Å². The van der Waals surface area contributed by atoms with Crippen LogP contribution in [0, 0.1) is 0 Å². The van der Waals surface area contributed by atoms with Crippen LogP contribution in [0.25, 0.3) is 6.08 Å². The van der Waals surface area contributed by atoms with Crippen molar-refractivity contribution < 1.29 is 19.1 Å². The average Bonchev–Trinajstić information content (AvgIpc) is 2.94. The van der Waals surface area contributed by atoms with Crippen molar-refractivity contribution in [2.75, 3.05) is 0 Å². The number of rotatable bonds is 5. The van der Waals surface area contributed by atoms with Gasteiger partial charge in [0, 0.05) is 11.6 Å². The SMILES string of the molecule is NC(=O)c1[nH]cnc1OC(=O)/C=C/c1ccc(C=O)cc1. The summed E-state index contributed by atoms with van der Waals surface area (Å²) in [7, 11) is 0. The number of hydrogen-bond donors (Lipinski definition) is 2. The van der Waals surface area contributed by atoms with Gasteiger partial charge in [-0.3, -0.25) is 9.59 Å². The Morgan fingerprint density at radius 2 is 1.86 bits per heavy atom. The number of ether oxygens (including phenoxy) is 1. The summed E-state index contributed by atoms with van der Waals surface area (Å²) in [5.41, 5.74) is 6.26. The fraction of sp³-hybridized carbons (Fsp3) is 0. The number of primary amides is 1. The van der Waals surface area contributed by atoms with Crippen LogP contribution in [0.3, 0.4) is 0 Å². The monoisotopic (exact) mass is 285 g/mol. The highest BCUT2D eigenvalue weighted by Crippen LogP contribution is 2.12. The van der Waals surface area contributed by atoms with Crippen LogP contribution in [-0.2, 0) is 4.79 Å². The van der Waals surface area contributed by atoms with E-state index in [1.807, 2.05) is 0 Å². The summed E-state index contributed by atoms with van der Waals surface area (Å²) in [6.07, 6.45) is 4.61. The van der Waals surface area contributed by atoms with Gasteiger partial charge in [0.15, 0.2) is 5.69 Å². The van der Waals surface area contributed by atoms with E-state index in [4.69, 9.17) is 10.5 Å². The van der Waals surface area contributed by atoms with Crippen LogP contribution in [0.1, 0.15) is 26.4 Å². The van der Waals surface area contributed by atoms with E-state index in [0.717, 1.165) is 11.8 Å². The van der Waals surface area contributed by atoms with E-state index in [1.165, 1.54) is 18.5 Å². The van der Waals surface area contributed by atoms with E-state index in [0.29, 0.717) is 5.56 Å². The second-order valence-electron chi connectivity index (χ2n) is 3.99. The second kappa shape index (κ2) is 6.29. The third kappa shape index (κ3) is 3.63. The zero-order valence-electron chi connectivity index (χ0n) is 10.8. The first-order valence-electron chi connectivity index (χ1n) is 5.88. The molecule has 106 valence electrons. The molecule has 3 N–H and O–H groups in total. The molecule has 7 nitrogen and oxygen atoms in total. The molecule has 1 amide bonds. The quantitative estimate of drug-likeness (QED) is 0.482. The predicted octanol–water partition coefficient (Wildman–Crippen LogP) is 0.940. The zero-order valence-corrected chi connectivity index (χ0v) is 10.8. The third-order valence-electron chi connectivity index (χ3n) is 2.53. The number of H-pyrrole nitrogens is 1. The van der Waals surface area contributed by atoms with Gasteiger partial charge in [-0.15, -0.1) is 0 Å². The number of hydrogen-bond acceptors (Lipinski definition) is 5. The molecule has 0 unspecified atom stereocenters. The Hall–Kier alpha value is -3.22. The van der Waals surface area contributed by atoms with Crippen LogP contribution in [0.5, 0.6) is 5.88 Å². The van der Waals surface area contributed by atoms with Crippen LogP contribution >= 0.6 is 0 Å². The first kappa shape index (κ1) is 14.2. The zero-order chi connectivity index (χ0) is 15.2. The molecular weight excluding hydrogens is 274 g/mol. The van der Waals surface area contributed by atoms with E-state index in [2.05, 4.69) is 9.97 Å². The topological polar surface area (TPSA) is 115 Å². The number of carbonyl (C=O) groups is 3. The van der Waals surface area contributed by atoms with Gasteiger partial charge in [0.25, 0.3) is 11.8 Å². The number of aromatic amines is 1. The summed E-state index contributed by atoms with van der Waals surface area (Å²) in [5, 5.41) is 0. The van der Waals surface area contributed by atoms with Crippen molar-refractivity contribution >= 4 is 24.2 Å². The summed E-state index contributed by atoms with van der Waals surface area (Å²) in [6, 6.07) is 6.60. The standard InChI is InChI=1S/C14H11N3O4/c15-13(20)12-14(17-8-16-12)21-11(19)6-5-9-1-3-10(7-18)4-2-9/h1-8H,(H2,15,20)(H,16,17)/b6-5+. The number of nitrogens with zero attached hydrogens (tertiary/aromatic N) is 1. The number of esters is 1. The summed E-state index contributed by atoms with van der Waals surface area (Å²) >= 11 is 0. The Kier molecular flexibility index (Phi) is 4.25. The van der Waals surface area contributed by atoms with Crippen LogP contribution in [-0.4, -0.2) is 28.1 Å². The molecule has 0 aliphatic rings. The first-order valence-corrected chi connectivity index (χ1v) is 5.88. The van der Waals surface area contributed by atoms with E-state index < -0.39 is 11.9 Å². The van der Waals surface area contributed by atoms with Crippen LogP contribution < -0.4 is 10.5 Å². The Labute approximate surface area is 119 Å². The van der Waals surface area contributed by atoms with Crippen molar-refractivity contribution in [2.24, 2.45) is 5.73 Å². The Bertz CT molecular complexity index is 701. The van der Waals surface area contributed by atoms with E-state index >= 15 is 0 Å². The highest BCUT2D eigenvalue weighted by Gasteiger charge is 2.14. The minimum Gasteiger partial charge on any atom is -0.402 e. The van der Waals surface area contributed by atoms with Crippen molar-refractivity contribution in [3.8, 4) is 5.88 Å². The minimum atomic E-state index is -0.774. The Balaban J connectivity index is 2.03. The molecule has 1 aromatic carbocycles. The predicted molar refractivity (Wildman–Crippen MR) is 73.6 cm³/mol. The van der Waals surface area contributed by atoms with Gasteiger partial charge in [0.2, 0.25) is 0 Å². The third-order valence-corrected chi connectivity index (χ3v) is 2.53. The molecule has 0 spiro atoms. The van der Waals surface area contributed by atoms with Crippen LogP contribution in [0.4, 0.5) is 0 Å². The number of benzene rings is 1. The molecule has 0 saturated carbocycles. The van der Waals surface area contributed by atoms with Gasteiger partial charge in [-0.25, -0.2) is 9.78 Å². The number of nitrogens with one attached hydrogen (secondary N) is 1. The van der Waals surface area contributed by atoms with Crippen LogP contribution in [0.2, 0.25) is 0 Å². The molecule has 1 heterocycles. The smallest absolute Gasteiger partial charge is 0.337 e. The number of nitrogens with two attached hydrogens (primary N) is 1. The van der Waals surface area contributed by atoms with Gasteiger partial charge < -0.3 is 15.5 Å². The number of carbonyl (C=O) groups excluding carboxylic acids is 3. The molecule has 1 aromatic heterocycles. The second-order valence-corrected chi connectivity index (χ2v) is 3.99. The number of aldehydes is 1. The molecule has 0 radical (unpaired) electrons. The Morgan fingerprint density at radius 3 is 2.48 bits per heavy atom. The molecule has 0 saturated heterocycles. The lowest BCUT2D eigenvalue weighted by molar-refractivity contribution is -0.129. The largest absolute Gasteiger partial charge is 0.402 e. The van der Waals surface area contributed by atoms with Gasteiger partial charge in [0.05, 0.1) is 6.33 Å². The minimum absolute atomic E-state index is 0.0768. The summed E-state index contributed by atoms with van der Waals surface area (Å²) in [6.45, 7) is 0. The number of amides is 1. The van der Waals surface area contributed by atoms with Crippen LogP contribution in [0.15, 0.2) is 36.7 Å². The Morgan fingerprint density at radius 1 is 1.19 bits per heavy atom. The number of aromatic nitrogens is 2. The lowest BCUT2D eigenvalue weighted by Crippen LogP contribution is -2.14. The molecule has 0 aliphatic heterocycles. The van der Waals surface area contributed by atoms with Crippen molar-refractivity contribution in [3.63, 3.8) is 0 Å². The number of imidazole rings is 1. The lowest BCUT2D eigenvalue weighted by Gasteiger charge is -1.98. The maximum absolute atomic E-state index is 11.6. The fourth-order valence-electron chi connectivity index (χ4n) is 1.51.